The van der Waals surface area contributed by atoms with Gasteiger partial charge >= 0.3 is 0 Å². The van der Waals surface area contributed by atoms with Gasteiger partial charge in [0.2, 0.25) is 0 Å². The Morgan fingerprint density at radius 2 is 1.84 bits per heavy atom. The summed E-state index contributed by atoms with van der Waals surface area (Å²) in [6.45, 7) is 0. The molecule has 3 nitrogen and oxygen atoms in total. The molecule has 0 fully saturated rings. The fraction of sp³-hybridized carbons (Fsp3) is 0. The molecule has 0 aromatic heterocycles. The Morgan fingerprint density at radius 3 is 2.53 bits per heavy atom. The number of rotatable bonds is 2. The van der Waals surface area contributed by atoms with Crippen LogP contribution in [0.2, 0.25) is 10.0 Å². The van der Waals surface area contributed by atoms with Crippen molar-refractivity contribution in [1.29, 1.82) is 5.26 Å². The van der Waals surface area contributed by atoms with Gasteiger partial charge in [-0.3, -0.25) is 4.79 Å². The molecule has 2 aromatic rings. The smallest absolute Gasteiger partial charge is 0.255 e. The third-order valence-corrected chi connectivity index (χ3v) is 3.22. The van der Waals surface area contributed by atoms with E-state index >= 15 is 0 Å². The van der Waals surface area contributed by atoms with Crippen LogP contribution in [0.15, 0.2) is 42.5 Å². The fourth-order valence-corrected chi connectivity index (χ4v) is 1.82. The van der Waals surface area contributed by atoms with Gasteiger partial charge in [-0.05, 0) is 30.3 Å². The number of nitrogens with zero attached hydrogens (tertiary/aromatic N) is 1. The van der Waals surface area contributed by atoms with E-state index in [0.29, 0.717) is 26.9 Å². The van der Waals surface area contributed by atoms with E-state index in [2.05, 4.69) is 5.32 Å². The zero-order valence-corrected chi connectivity index (χ0v) is 11.2. The fourth-order valence-electron chi connectivity index (χ4n) is 1.52. The largest absolute Gasteiger partial charge is 0.321 e. The van der Waals surface area contributed by atoms with Crippen molar-refractivity contribution in [1.82, 2.24) is 0 Å². The molecule has 2 rings (SSSR count). The summed E-state index contributed by atoms with van der Waals surface area (Å²) in [5, 5.41) is 12.3. The Hall–Kier alpha value is -2.02. The maximum Gasteiger partial charge on any atom is 0.255 e. The first-order valence-electron chi connectivity index (χ1n) is 5.37. The van der Waals surface area contributed by atoms with Crippen LogP contribution in [0.5, 0.6) is 0 Å². The van der Waals surface area contributed by atoms with Crippen molar-refractivity contribution in [3.63, 3.8) is 0 Å². The standard InChI is InChI=1S/C14H8Cl2N2O/c15-11-6-5-9(7-12(11)16)14(19)18-13-4-2-1-3-10(13)8-17/h1-7H,(H,18,19). The molecule has 0 radical (unpaired) electrons. The Bertz CT molecular complexity index is 677. The number of anilines is 1. The first-order valence-corrected chi connectivity index (χ1v) is 6.13. The van der Waals surface area contributed by atoms with Gasteiger partial charge in [-0.1, -0.05) is 35.3 Å². The topological polar surface area (TPSA) is 52.9 Å². The number of carbonyl (C=O) groups excluding carboxylic acids is 1. The monoisotopic (exact) mass is 290 g/mol. The molecule has 0 aliphatic rings. The molecule has 1 amide bonds. The minimum atomic E-state index is -0.346. The van der Waals surface area contributed by atoms with Gasteiger partial charge in [-0.2, -0.15) is 5.26 Å². The van der Waals surface area contributed by atoms with E-state index in [9.17, 15) is 4.79 Å². The van der Waals surface area contributed by atoms with Crippen LogP contribution in [0, 0.1) is 11.3 Å². The van der Waals surface area contributed by atoms with Gasteiger partial charge in [-0.15, -0.1) is 0 Å². The highest BCUT2D eigenvalue weighted by Gasteiger charge is 2.10. The summed E-state index contributed by atoms with van der Waals surface area (Å²) in [7, 11) is 0. The zero-order chi connectivity index (χ0) is 13.8. The van der Waals surface area contributed by atoms with Gasteiger partial charge in [0, 0.05) is 5.56 Å². The third-order valence-electron chi connectivity index (χ3n) is 2.48. The lowest BCUT2D eigenvalue weighted by atomic mass is 10.1. The molecular formula is C14H8Cl2N2O. The number of halogens is 2. The van der Waals surface area contributed by atoms with E-state index < -0.39 is 0 Å². The highest BCUT2D eigenvalue weighted by molar-refractivity contribution is 6.42. The van der Waals surface area contributed by atoms with Crippen LogP contribution < -0.4 is 5.32 Å². The molecule has 19 heavy (non-hydrogen) atoms. The Balaban J connectivity index is 2.26. The predicted molar refractivity (Wildman–Crippen MR) is 75.6 cm³/mol. The lowest BCUT2D eigenvalue weighted by molar-refractivity contribution is 0.102. The predicted octanol–water partition coefficient (Wildman–Crippen LogP) is 4.12. The number of amides is 1. The number of carbonyl (C=O) groups is 1. The lowest BCUT2D eigenvalue weighted by Crippen LogP contribution is -2.12. The molecule has 0 aliphatic carbocycles. The molecule has 1 N–H and O–H groups in total. The Morgan fingerprint density at radius 1 is 1.11 bits per heavy atom. The molecule has 5 heteroatoms. The lowest BCUT2D eigenvalue weighted by Gasteiger charge is -2.07. The number of hydrogen-bond acceptors (Lipinski definition) is 2. The van der Waals surface area contributed by atoms with Crippen molar-refractivity contribution in [3.8, 4) is 6.07 Å². The Kier molecular flexibility index (Phi) is 4.06. The van der Waals surface area contributed by atoms with Crippen molar-refractivity contribution in [2.75, 3.05) is 5.32 Å². The van der Waals surface area contributed by atoms with E-state index in [1.54, 1.807) is 36.4 Å². The van der Waals surface area contributed by atoms with Crippen LogP contribution in [-0.4, -0.2) is 5.91 Å². The molecule has 0 unspecified atom stereocenters. The Labute approximate surface area is 120 Å². The second kappa shape index (κ2) is 5.75. The van der Waals surface area contributed by atoms with Crippen LogP contribution in [0.4, 0.5) is 5.69 Å². The van der Waals surface area contributed by atoms with Crippen LogP contribution in [0.25, 0.3) is 0 Å². The molecule has 0 saturated heterocycles. The summed E-state index contributed by atoms with van der Waals surface area (Å²) in [5.74, 6) is -0.346. The van der Waals surface area contributed by atoms with E-state index in [0.717, 1.165) is 0 Å². The summed E-state index contributed by atoms with van der Waals surface area (Å²) in [6.07, 6.45) is 0. The van der Waals surface area contributed by atoms with E-state index in [1.165, 1.54) is 6.07 Å². The first kappa shape index (κ1) is 13.4. The summed E-state index contributed by atoms with van der Waals surface area (Å²) in [6, 6.07) is 13.4. The van der Waals surface area contributed by atoms with Crippen molar-refractivity contribution < 1.29 is 4.79 Å². The summed E-state index contributed by atoms with van der Waals surface area (Å²) in [5.41, 5.74) is 1.24. The van der Waals surface area contributed by atoms with Crippen LogP contribution >= 0.6 is 23.2 Å². The quantitative estimate of drug-likeness (QED) is 0.905. The van der Waals surface area contributed by atoms with Crippen LogP contribution in [0.3, 0.4) is 0 Å². The first-order chi connectivity index (χ1) is 9.11. The van der Waals surface area contributed by atoms with Crippen molar-refractivity contribution in [3.05, 3.63) is 63.6 Å². The average molecular weight is 291 g/mol. The second-order valence-electron chi connectivity index (χ2n) is 3.74. The highest BCUT2D eigenvalue weighted by Crippen LogP contribution is 2.23. The van der Waals surface area contributed by atoms with E-state index in [4.69, 9.17) is 28.5 Å². The van der Waals surface area contributed by atoms with Crippen molar-refractivity contribution in [2.24, 2.45) is 0 Å². The number of nitriles is 1. The molecule has 0 atom stereocenters. The SMILES string of the molecule is N#Cc1ccccc1NC(=O)c1ccc(Cl)c(Cl)c1. The number of benzene rings is 2. The van der Waals surface area contributed by atoms with E-state index in [-0.39, 0.29) is 5.91 Å². The zero-order valence-electron chi connectivity index (χ0n) is 9.65. The molecule has 0 saturated carbocycles. The summed E-state index contributed by atoms with van der Waals surface area (Å²) >= 11 is 11.6. The van der Waals surface area contributed by atoms with Gasteiger partial charge in [0.15, 0.2) is 0 Å². The minimum absolute atomic E-state index is 0.308. The minimum Gasteiger partial charge on any atom is -0.321 e. The number of hydrogen-bond donors (Lipinski definition) is 1. The third kappa shape index (κ3) is 3.05. The molecule has 0 bridgehead atoms. The van der Waals surface area contributed by atoms with Crippen molar-refractivity contribution >= 4 is 34.8 Å². The normalized spacial score (nSPS) is 9.74. The molecule has 0 heterocycles. The molecular weight excluding hydrogens is 283 g/mol. The molecule has 0 aliphatic heterocycles. The highest BCUT2D eigenvalue weighted by atomic mass is 35.5. The number of nitrogens with one attached hydrogen (secondary N) is 1. The second-order valence-corrected chi connectivity index (χ2v) is 4.55. The average Bonchev–Trinajstić information content (AvgIpc) is 2.42. The van der Waals surface area contributed by atoms with Gasteiger partial charge < -0.3 is 5.32 Å². The maximum atomic E-state index is 12.0. The van der Waals surface area contributed by atoms with Crippen LogP contribution in [0.1, 0.15) is 15.9 Å². The van der Waals surface area contributed by atoms with Crippen molar-refractivity contribution in [2.45, 2.75) is 0 Å². The van der Waals surface area contributed by atoms with Gasteiger partial charge in [0.1, 0.15) is 6.07 Å². The summed E-state index contributed by atoms with van der Waals surface area (Å²) in [4.78, 5) is 12.0. The summed E-state index contributed by atoms with van der Waals surface area (Å²) < 4.78 is 0. The van der Waals surface area contributed by atoms with Gasteiger partial charge in [0.05, 0.1) is 21.3 Å². The van der Waals surface area contributed by atoms with Gasteiger partial charge in [-0.25, -0.2) is 0 Å². The number of para-hydroxylation sites is 1. The van der Waals surface area contributed by atoms with E-state index in [1.807, 2.05) is 6.07 Å². The molecule has 94 valence electrons. The molecule has 0 spiro atoms. The molecule has 2 aromatic carbocycles. The van der Waals surface area contributed by atoms with Gasteiger partial charge in [0.25, 0.3) is 5.91 Å². The maximum absolute atomic E-state index is 12.0. The van der Waals surface area contributed by atoms with Crippen LogP contribution in [-0.2, 0) is 0 Å².